The van der Waals surface area contributed by atoms with Gasteiger partial charge in [0, 0.05) is 19.1 Å². The van der Waals surface area contributed by atoms with Gasteiger partial charge in [-0.05, 0) is 24.3 Å². The highest BCUT2D eigenvalue weighted by molar-refractivity contribution is 7.17. The highest BCUT2D eigenvalue weighted by Crippen LogP contribution is 2.29. The van der Waals surface area contributed by atoms with E-state index < -0.39 is 0 Å². The van der Waals surface area contributed by atoms with E-state index >= 15 is 0 Å². The molecule has 0 radical (unpaired) electrons. The van der Waals surface area contributed by atoms with E-state index in [9.17, 15) is 0 Å². The van der Waals surface area contributed by atoms with Crippen LogP contribution in [-0.4, -0.2) is 29.1 Å². The first kappa shape index (κ1) is 9.99. The quantitative estimate of drug-likeness (QED) is 0.814. The van der Waals surface area contributed by atoms with E-state index in [0.29, 0.717) is 0 Å². The molecule has 0 spiro atoms. The Hall–Kier alpha value is -1.20. The maximum atomic E-state index is 6.00. The van der Waals surface area contributed by atoms with Gasteiger partial charge in [-0.3, -0.25) is 0 Å². The zero-order chi connectivity index (χ0) is 11.0. The lowest BCUT2D eigenvalue weighted by molar-refractivity contribution is 0.504. The second-order valence-electron chi connectivity index (χ2n) is 4.18. The van der Waals surface area contributed by atoms with Crippen molar-refractivity contribution in [3.8, 4) is 0 Å². The van der Waals surface area contributed by atoms with E-state index in [1.54, 1.807) is 17.7 Å². The van der Waals surface area contributed by atoms with Crippen molar-refractivity contribution in [1.82, 2.24) is 9.97 Å². The zero-order valence-corrected chi connectivity index (χ0v) is 9.78. The first-order valence-electron chi connectivity index (χ1n) is 5.53. The predicted molar refractivity (Wildman–Crippen MR) is 66.8 cm³/mol. The molecule has 3 rings (SSSR count). The van der Waals surface area contributed by atoms with Crippen LogP contribution >= 0.6 is 11.3 Å². The number of fused-ring (bicyclic) bond motifs is 1. The van der Waals surface area contributed by atoms with E-state index in [1.165, 1.54) is 4.70 Å². The molecule has 1 aliphatic rings. The summed E-state index contributed by atoms with van der Waals surface area (Å²) < 4.78 is 1.18. The van der Waals surface area contributed by atoms with Gasteiger partial charge in [0.1, 0.15) is 12.1 Å². The fourth-order valence-electron chi connectivity index (χ4n) is 2.20. The Balaban J connectivity index is 2.01. The van der Waals surface area contributed by atoms with E-state index in [1.807, 2.05) is 6.07 Å². The molecule has 84 valence electrons. The normalized spacial score (nSPS) is 21.6. The summed E-state index contributed by atoms with van der Waals surface area (Å²) in [7, 11) is 0. The van der Waals surface area contributed by atoms with Crippen LogP contribution in [0.5, 0.6) is 0 Å². The average molecular weight is 234 g/mol. The zero-order valence-electron chi connectivity index (χ0n) is 8.97. The fourth-order valence-corrected chi connectivity index (χ4v) is 3.07. The molecule has 1 atom stereocenters. The molecule has 0 aromatic carbocycles. The van der Waals surface area contributed by atoms with Gasteiger partial charge in [0.05, 0.1) is 10.2 Å². The summed E-state index contributed by atoms with van der Waals surface area (Å²) in [4.78, 5) is 11.0. The van der Waals surface area contributed by atoms with Crippen LogP contribution in [0.2, 0.25) is 0 Å². The van der Waals surface area contributed by atoms with Crippen LogP contribution in [0, 0.1) is 0 Å². The monoisotopic (exact) mass is 234 g/mol. The molecule has 1 aliphatic heterocycles. The Labute approximate surface area is 98.1 Å². The van der Waals surface area contributed by atoms with Crippen molar-refractivity contribution < 1.29 is 0 Å². The molecule has 0 amide bonds. The molecule has 1 fully saturated rings. The fraction of sp³-hybridized carbons (Fsp3) is 0.455. The standard InChI is InChI=1S/C11H14N4S/c12-8-2-1-4-15(6-8)11-10-9(3-5-16-10)13-7-14-11/h3,5,7-8H,1-2,4,6,12H2. The topological polar surface area (TPSA) is 55.0 Å². The SMILES string of the molecule is NC1CCCN(c2ncnc3ccsc23)C1. The number of hydrogen-bond donors (Lipinski definition) is 1. The minimum absolute atomic E-state index is 0.277. The summed E-state index contributed by atoms with van der Waals surface area (Å²) in [6, 6.07) is 2.31. The molecule has 2 aromatic heterocycles. The number of thiophene rings is 1. The summed E-state index contributed by atoms with van der Waals surface area (Å²) in [5, 5.41) is 2.06. The molecule has 2 aromatic rings. The van der Waals surface area contributed by atoms with Crippen molar-refractivity contribution in [3.05, 3.63) is 17.8 Å². The van der Waals surface area contributed by atoms with Crippen molar-refractivity contribution in [2.45, 2.75) is 18.9 Å². The van der Waals surface area contributed by atoms with Gasteiger partial charge in [0.15, 0.2) is 0 Å². The van der Waals surface area contributed by atoms with Gasteiger partial charge in [0.25, 0.3) is 0 Å². The van der Waals surface area contributed by atoms with Gasteiger partial charge in [-0.15, -0.1) is 11.3 Å². The number of anilines is 1. The molecule has 3 heterocycles. The third kappa shape index (κ3) is 1.66. The second kappa shape index (κ2) is 3.99. The summed E-state index contributed by atoms with van der Waals surface area (Å²) in [5.74, 6) is 1.05. The van der Waals surface area contributed by atoms with Gasteiger partial charge in [-0.25, -0.2) is 9.97 Å². The minimum atomic E-state index is 0.277. The van der Waals surface area contributed by atoms with E-state index in [2.05, 4.69) is 20.2 Å². The molecule has 0 saturated carbocycles. The number of piperidine rings is 1. The predicted octanol–water partition coefficient (Wildman–Crippen LogP) is 1.62. The molecule has 0 bridgehead atoms. The lowest BCUT2D eigenvalue weighted by atomic mass is 10.1. The Morgan fingerprint density at radius 1 is 1.44 bits per heavy atom. The van der Waals surface area contributed by atoms with Gasteiger partial charge < -0.3 is 10.6 Å². The van der Waals surface area contributed by atoms with Crippen LogP contribution in [0.4, 0.5) is 5.82 Å². The second-order valence-corrected chi connectivity index (χ2v) is 5.10. The highest BCUT2D eigenvalue weighted by atomic mass is 32.1. The van der Waals surface area contributed by atoms with Crippen LogP contribution in [0.25, 0.3) is 10.2 Å². The van der Waals surface area contributed by atoms with Crippen LogP contribution < -0.4 is 10.6 Å². The summed E-state index contributed by atoms with van der Waals surface area (Å²) in [5.41, 5.74) is 7.04. The first-order chi connectivity index (χ1) is 7.84. The van der Waals surface area contributed by atoms with Gasteiger partial charge in [0.2, 0.25) is 0 Å². The molecule has 1 saturated heterocycles. The molecule has 0 aliphatic carbocycles. The molecule has 1 unspecified atom stereocenters. The van der Waals surface area contributed by atoms with E-state index in [0.717, 1.165) is 37.3 Å². The lowest BCUT2D eigenvalue weighted by Gasteiger charge is -2.31. The third-order valence-corrected chi connectivity index (χ3v) is 3.88. The number of nitrogens with two attached hydrogens (primary N) is 1. The summed E-state index contributed by atoms with van der Waals surface area (Å²) in [6.07, 6.45) is 3.91. The summed E-state index contributed by atoms with van der Waals surface area (Å²) in [6.45, 7) is 1.96. The Morgan fingerprint density at radius 3 is 3.25 bits per heavy atom. The van der Waals surface area contributed by atoms with Gasteiger partial charge in [-0.1, -0.05) is 0 Å². The van der Waals surface area contributed by atoms with Crippen molar-refractivity contribution in [3.63, 3.8) is 0 Å². The van der Waals surface area contributed by atoms with Crippen LogP contribution in [0.3, 0.4) is 0 Å². The molecule has 16 heavy (non-hydrogen) atoms. The molecule has 5 heteroatoms. The third-order valence-electron chi connectivity index (χ3n) is 2.98. The minimum Gasteiger partial charge on any atom is -0.354 e. The van der Waals surface area contributed by atoms with E-state index in [4.69, 9.17) is 5.73 Å². The van der Waals surface area contributed by atoms with Crippen LogP contribution in [-0.2, 0) is 0 Å². The van der Waals surface area contributed by atoms with Crippen LogP contribution in [0.1, 0.15) is 12.8 Å². The summed E-state index contributed by atoms with van der Waals surface area (Å²) >= 11 is 1.70. The van der Waals surface area contributed by atoms with Crippen molar-refractivity contribution in [1.29, 1.82) is 0 Å². The molecule has 2 N–H and O–H groups in total. The van der Waals surface area contributed by atoms with Crippen molar-refractivity contribution >= 4 is 27.4 Å². The Morgan fingerprint density at radius 2 is 2.38 bits per heavy atom. The maximum Gasteiger partial charge on any atom is 0.150 e. The van der Waals surface area contributed by atoms with Gasteiger partial charge in [-0.2, -0.15) is 0 Å². The molecule has 4 nitrogen and oxygen atoms in total. The number of hydrogen-bond acceptors (Lipinski definition) is 5. The van der Waals surface area contributed by atoms with Crippen molar-refractivity contribution in [2.24, 2.45) is 5.73 Å². The number of rotatable bonds is 1. The molecular formula is C11H14N4S. The van der Waals surface area contributed by atoms with Crippen LogP contribution in [0.15, 0.2) is 17.8 Å². The molecular weight excluding hydrogens is 220 g/mol. The Kier molecular flexibility index (Phi) is 2.49. The van der Waals surface area contributed by atoms with Crippen molar-refractivity contribution in [2.75, 3.05) is 18.0 Å². The first-order valence-corrected chi connectivity index (χ1v) is 6.41. The van der Waals surface area contributed by atoms with Gasteiger partial charge >= 0.3 is 0 Å². The largest absolute Gasteiger partial charge is 0.354 e. The number of aromatic nitrogens is 2. The van der Waals surface area contributed by atoms with E-state index in [-0.39, 0.29) is 6.04 Å². The highest BCUT2D eigenvalue weighted by Gasteiger charge is 2.20. The number of nitrogens with zero attached hydrogens (tertiary/aromatic N) is 3. The maximum absolute atomic E-state index is 6.00. The average Bonchev–Trinajstić information content (AvgIpc) is 2.76. The lowest BCUT2D eigenvalue weighted by Crippen LogP contribution is -2.43. The smallest absolute Gasteiger partial charge is 0.150 e. The Bertz CT molecular complexity index is 495.